The maximum Gasteiger partial charge on any atom is 0.193 e. The quantitative estimate of drug-likeness (QED) is 0.681. The molecule has 3 unspecified atom stereocenters. The number of nitrogens with zero attached hydrogens (tertiary/aromatic N) is 3. The Morgan fingerprint density at radius 3 is 2.33 bits per heavy atom. The molecule has 0 radical (unpaired) electrons. The van der Waals surface area contributed by atoms with Gasteiger partial charge in [-0.2, -0.15) is 0 Å². The van der Waals surface area contributed by atoms with E-state index < -0.39 is 0 Å². The van der Waals surface area contributed by atoms with E-state index in [0.29, 0.717) is 6.04 Å². The van der Waals surface area contributed by atoms with Gasteiger partial charge in [-0.05, 0) is 44.3 Å². The summed E-state index contributed by atoms with van der Waals surface area (Å²) in [5, 5.41) is 3.64. The van der Waals surface area contributed by atoms with Gasteiger partial charge in [0.05, 0.1) is 6.04 Å². The third-order valence-corrected chi connectivity index (χ3v) is 5.75. The molecule has 2 fully saturated rings. The van der Waals surface area contributed by atoms with E-state index in [-0.39, 0.29) is 0 Å². The second-order valence-electron chi connectivity index (χ2n) is 7.53. The number of hydrogen-bond acceptors (Lipinski definition) is 2. The van der Waals surface area contributed by atoms with Gasteiger partial charge in [0.15, 0.2) is 5.96 Å². The predicted molar refractivity (Wildman–Crippen MR) is 101 cm³/mol. The average molecular weight is 329 g/mol. The summed E-state index contributed by atoms with van der Waals surface area (Å²) in [6.45, 7) is 3.25. The zero-order valence-electron chi connectivity index (χ0n) is 15.4. The molecule has 1 aliphatic carbocycles. The van der Waals surface area contributed by atoms with Crippen LogP contribution in [0.1, 0.15) is 37.3 Å². The first kappa shape index (κ1) is 17.3. The number of rotatable bonds is 4. The first-order chi connectivity index (χ1) is 11.7. The van der Waals surface area contributed by atoms with Crippen LogP contribution >= 0.6 is 0 Å². The van der Waals surface area contributed by atoms with E-state index in [2.05, 4.69) is 64.5 Å². The maximum atomic E-state index is 4.57. The van der Waals surface area contributed by atoms with Gasteiger partial charge in [-0.1, -0.05) is 43.2 Å². The van der Waals surface area contributed by atoms with Crippen molar-refractivity contribution < 1.29 is 0 Å². The van der Waals surface area contributed by atoms with Crippen molar-refractivity contribution in [3.63, 3.8) is 0 Å². The number of guanidine groups is 1. The zero-order valence-corrected chi connectivity index (χ0v) is 15.4. The number of aliphatic imine (C=N–C) groups is 1. The number of nitrogens with one attached hydrogen (secondary N) is 1. The van der Waals surface area contributed by atoms with Gasteiger partial charge in [-0.3, -0.25) is 4.99 Å². The molecule has 24 heavy (non-hydrogen) atoms. The van der Waals surface area contributed by atoms with Gasteiger partial charge < -0.3 is 15.1 Å². The summed E-state index contributed by atoms with van der Waals surface area (Å²) in [4.78, 5) is 9.33. The van der Waals surface area contributed by atoms with E-state index in [1.807, 2.05) is 7.05 Å². The van der Waals surface area contributed by atoms with E-state index in [4.69, 9.17) is 0 Å². The molecule has 1 aromatic carbocycles. The van der Waals surface area contributed by atoms with Crippen molar-refractivity contribution in [1.82, 2.24) is 15.1 Å². The van der Waals surface area contributed by atoms with Crippen LogP contribution in [0, 0.1) is 11.8 Å². The molecule has 1 N–H and O–H groups in total. The van der Waals surface area contributed by atoms with E-state index in [0.717, 1.165) is 24.3 Å². The van der Waals surface area contributed by atoms with Crippen LogP contribution in [-0.4, -0.2) is 56.5 Å². The van der Waals surface area contributed by atoms with Gasteiger partial charge in [-0.25, -0.2) is 0 Å². The fourth-order valence-electron chi connectivity index (χ4n) is 4.37. The molecular formula is C20H32N4. The Morgan fingerprint density at radius 2 is 1.79 bits per heavy atom. The molecule has 3 rings (SSSR count). The maximum absolute atomic E-state index is 4.57. The van der Waals surface area contributed by atoms with Crippen LogP contribution in [-0.2, 0) is 0 Å². The molecule has 0 bridgehead atoms. The van der Waals surface area contributed by atoms with Gasteiger partial charge in [0.25, 0.3) is 0 Å². The Bertz CT molecular complexity index is 526. The minimum atomic E-state index is 0.354. The smallest absolute Gasteiger partial charge is 0.193 e. The highest BCUT2D eigenvalue weighted by molar-refractivity contribution is 5.80. The van der Waals surface area contributed by atoms with Crippen LogP contribution in [0.3, 0.4) is 0 Å². The summed E-state index contributed by atoms with van der Waals surface area (Å²) in [6.07, 6.45) is 5.64. The molecular weight excluding hydrogens is 296 g/mol. The second kappa shape index (κ2) is 8.02. The van der Waals surface area contributed by atoms with Gasteiger partial charge >= 0.3 is 0 Å². The molecule has 1 heterocycles. The van der Waals surface area contributed by atoms with Crippen molar-refractivity contribution in [2.45, 2.75) is 31.7 Å². The molecule has 0 spiro atoms. The highest BCUT2D eigenvalue weighted by atomic mass is 15.3. The van der Waals surface area contributed by atoms with Crippen LogP contribution in [0.25, 0.3) is 0 Å². The van der Waals surface area contributed by atoms with Gasteiger partial charge in [0.1, 0.15) is 0 Å². The van der Waals surface area contributed by atoms with E-state index in [9.17, 15) is 0 Å². The van der Waals surface area contributed by atoms with Crippen molar-refractivity contribution in [1.29, 1.82) is 0 Å². The van der Waals surface area contributed by atoms with Crippen molar-refractivity contribution in [3.05, 3.63) is 35.9 Å². The lowest BCUT2D eigenvalue weighted by Crippen LogP contribution is -2.43. The Kier molecular flexibility index (Phi) is 5.77. The number of fused-ring (bicyclic) bond motifs is 1. The van der Waals surface area contributed by atoms with Gasteiger partial charge in [0.2, 0.25) is 0 Å². The van der Waals surface area contributed by atoms with Crippen molar-refractivity contribution in [2.24, 2.45) is 16.8 Å². The van der Waals surface area contributed by atoms with Crippen molar-refractivity contribution in [2.75, 3.05) is 40.8 Å². The molecule has 132 valence electrons. The van der Waals surface area contributed by atoms with Gasteiger partial charge in [0, 0.05) is 26.7 Å². The monoisotopic (exact) mass is 328 g/mol. The Labute approximate surface area is 146 Å². The molecule has 1 aromatic rings. The lowest BCUT2D eigenvalue weighted by atomic mass is 9.82. The van der Waals surface area contributed by atoms with Crippen LogP contribution in [0.2, 0.25) is 0 Å². The zero-order chi connectivity index (χ0) is 16.9. The minimum absolute atomic E-state index is 0.354. The third-order valence-electron chi connectivity index (χ3n) is 5.75. The molecule has 1 aliphatic heterocycles. The van der Waals surface area contributed by atoms with E-state index in [1.54, 1.807) is 0 Å². The summed E-state index contributed by atoms with van der Waals surface area (Å²) in [6, 6.07) is 11.1. The summed E-state index contributed by atoms with van der Waals surface area (Å²) in [5.41, 5.74) is 1.35. The van der Waals surface area contributed by atoms with E-state index >= 15 is 0 Å². The highest BCUT2D eigenvalue weighted by Crippen LogP contribution is 2.36. The fraction of sp³-hybridized carbons (Fsp3) is 0.650. The summed E-state index contributed by atoms with van der Waals surface area (Å²) >= 11 is 0. The van der Waals surface area contributed by atoms with Crippen molar-refractivity contribution in [3.8, 4) is 0 Å². The number of likely N-dealkylation sites (N-methyl/N-ethyl adjacent to an activating group) is 1. The lowest BCUT2D eigenvalue weighted by Gasteiger charge is -2.28. The fourth-order valence-corrected chi connectivity index (χ4v) is 4.37. The Hall–Kier alpha value is -1.55. The summed E-state index contributed by atoms with van der Waals surface area (Å²) in [5.74, 6) is 2.85. The average Bonchev–Trinajstić information content (AvgIpc) is 3.03. The summed E-state index contributed by atoms with van der Waals surface area (Å²) < 4.78 is 0. The Morgan fingerprint density at radius 1 is 1.17 bits per heavy atom. The molecule has 1 saturated heterocycles. The topological polar surface area (TPSA) is 30.9 Å². The standard InChI is InChI=1S/C20H32N4/c1-21-20(24-14-17-11-7-8-12-18(17)15-24)22-13-19(23(2)3)16-9-5-4-6-10-16/h4-6,9-10,17-19H,7-8,11-15H2,1-3H3,(H,21,22). The molecule has 0 amide bonds. The lowest BCUT2D eigenvalue weighted by molar-refractivity contribution is 0.295. The normalized spacial score (nSPS) is 25.7. The Balaban J connectivity index is 1.61. The minimum Gasteiger partial charge on any atom is -0.354 e. The molecule has 4 nitrogen and oxygen atoms in total. The van der Waals surface area contributed by atoms with Crippen LogP contribution in [0.15, 0.2) is 35.3 Å². The summed E-state index contributed by atoms with van der Waals surface area (Å²) in [7, 11) is 6.20. The first-order valence-corrected chi connectivity index (χ1v) is 9.36. The predicted octanol–water partition coefficient (Wildman–Crippen LogP) is 2.99. The highest BCUT2D eigenvalue weighted by Gasteiger charge is 2.35. The number of benzene rings is 1. The number of likely N-dealkylation sites (tertiary alicyclic amines) is 1. The molecule has 4 heteroatoms. The molecule has 0 aromatic heterocycles. The molecule has 1 saturated carbocycles. The van der Waals surface area contributed by atoms with Crippen molar-refractivity contribution >= 4 is 5.96 Å². The van der Waals surface area contributed by atoms with Crippen LogP contribution in [0.5, 0.6) is 0 Å². The first-order valence-electron chi connectivity index (χ1n) is 9.36. The van der Waals surface area contributed by atoms with Gasteiger partial charge in [-0.15, -0.1) is 0 Å². The third kappa shape index (κ3) is 3.92. The number of hydrogen-bond donors (Lipinski definition) is 1. The molecule has 2 aliphatic rings. The largest absolute Gasteiger partial charge is 0.354 e. The van der Waals surface area contributed by atoms with E-state index in [1.165, 1.54) is 44.3 Å². The van der Waals surface area contributed by atoms with Crippen LogP contribution in [0.4, 0.5) is 0 Å². The van der Waals surface area contributed by atoms with Crippen LogP contribution < -0.4 is 5.32 Å². The second-order valence-corrected chi connectivity index (χ2v) is 7.53. The SMILES string of the molecule is CN=C(NCC(c1ccccc1)N(C)C)N1CC2CCCCC2C1. The molecule has 3 atom stereocenters.